The normalized spacial score (nSPS) is 14.1. The number of guanidine groups is 1. The third-order valence-electron chi connectivity index (χ3n) is 3.65. The zero-order valence-corrected chi connectivity index (χ0v) is 14.8. The van der Waals surface area contributed by atoms with Crippen LogP contribution in [0.1, 0.15) is 25.0 Å². The van der Waals surface area contributed by atoms with Gasteiger partial charge in [0.25, 0.3) is 0 Å². The van der Waals surface area contributed by atoms with Gasteiger partial charge in [0.15, 0.2) is 5.96 Å². The van der Waals surface area contributed by atoms with E-state index in [1.54, 1.807) is 6.92 Å². The SMILES string of the molecule is CCNC(=NCc1cccc(Cl)c1)NCC(C)(O)c1ccccc1. The van der Waals surface area contributed by atoms with Crippen LogP contribution in [0.2, 0.25) is 5.02 Å². The molecule has 0 spiro atoms. The molecule has 1 atom stereocenters. The first kappa shape index (κ1) is 18.3. The van der Waals surface area contributed by atoms with Crippen molar-refractivity contribution in [2.45, 2.75) is 26.0 Å². The molecule has 0 aliphatic carbocycles. The van der Waals surface area contributed by atoms with Crippen LogP contribution >= 0.6 is 11.6 Å². The Hall–Kier alpha value is -2.04. The predicted molar refractivity (Wildman–Crippen MR) is 100 cm³/mol. The van der Waals surface area contributed by atoms with Crippen LogP contribution in [0.25, 0.3) is 0 Å². The highest BCUT2D eigenvalue weighted by Crippen LogP contribution is 2.18. The summed E-state index contributed by atoms with van der Waals surface area (Å²) in [5.74, 6) is 0.661. The standard InChI is InChI=1S/C19H24ClN3O/c1-3-21-18(22-13-15-8-7-11-17(20)12-15)23-14-19(2,24)16-9-5-4-6-10-16/h4-12,24H,3,13-14H2,1-2H3,(H2,21,22,23). The fourth-order valence-electron chi connectivity index (χ4n) is 2.30. The first-order valence-corrected chi connectivity index (χ1v) is 8.43. The van der Waals surface area contributed by atoms with Gasteiger partial charge in [-0.1, -0.05) is 54.1 Å². The number of hydrogen-bond acceptors (Lipinski definition) is 2. The van der Waals surface area contributed by atoms with Crippen molar-refractivity contribution in [1.82, 2.24) is 10.6 Å². The summed E-state index contributed by atoms with van der Waals surface area (Å²) in [6, 6.07) is 17.2. The van der Waals surface area contributed by atoms with E-state index in [1.807, 2.05) is 61.5 Å². The third kappa shape index (κ3) is 5.55. The molecule has 3 N–H and O–H groups in total. The van der Waals surface area contributed by atoms with Gasteiger partial charge < -0.3 is 15.7 Å². The van der Waals surface area contributed by atoms with Crippen LogP contribution in [0, 0.1) is 0 Å². The maximum atomic E-state index is 10.7. The van der Waals surface area contributed by atoms with Gasteiger partial charge in [-0.3, -0.25) is 0 Å². The summed E-state index contributed by atoms with van der Waals surface area (Å²) >= 11 is 6.00. The van der Waals surface area contributed by atoms with Gasteiger partial charge in [0, 0.05) is 11.6 Å². The van der Waals surface area contributed by atoms with Gasteiger partial charge in [-0.2, -0.15) is 0 Å². The van der Waals surface area contributed by atoms with Crippen molar-refractivity contribution in [2.75, 3.05) is 13.1 Å². The minimum absolute atomic E-state index is 0.360. The van der Waals surface area contributed by atoms with Crippen molar-refractivity contribution in [3.8, 4) is 0 Å². The maximum Gasteiger partial charge on any atom is 0.191 e. The highest BCUT2D eigenvalue weighted by molar-refractivity contribution is 6.30. The third-order valence-corrected chi connectivity index (χ3v) is 3.88. The first-order chi connectivity index (χ1) is 11.5. The second-order valence-electron chi connectivity index (χ2n) is 5.82. The maximum absolute atomic E-state index is 10.7. The molecule has 0 saturated carbocycles. The first-order valence-electron chi connectivity index (χ1n) is 8.06. The largest absolute Gasteiger partial charge is 0.384 e. The molecule has 4 nitrogen and oxygen atoms in total. The van der Waals surface area contributed by atoms with Gasteiger partial charge in [-0.25, -0.2) is 4.99 Å². The molecule has 2 aromatic carbocycles. The Bertz CT molecular complexity index is 671. The van der Waals surface area contributed by atoms with Crippen LogP contribution < -0.4 is 10.6 Å². The van der Waals surface area contributed by atoms with Gasteiger partial charge >= 0.3 is 0 Å². The van der Waals surface area contributed by atoms with E-state index in [4.69, 9.17) is 11.6 Å². The molecule has 0 aliphatic heterocycles. The van der Waals surface area contributed by atoms with Crippen LogP contribution in [0.5, 0.6) is 0 Å². The van der Waals surface area contributed by atoms with Crippen molar-refractivity contribution in [3.63, 3.8) is 0 Å². The van der Waals surface area contributed by atoms with E-state index in [-0.39, 0.29) is 0 Å². The average Bonchev–Trinajstić information content (AvgIpc) is 2.58. The van der Waals surface area contributed by atoms with Gasteiger partial charge in [-0.15, -0.1) is 0 Å². The molecule has 0 amide bonds. The summed E-state index contributed by atoms with van der Waals surface area (Å²) in [4.78, 5) is 4.55. The summed E-state index contributed by atoms with van der Waals surface area (Å²) in [6.45, 7) is 5.42. The van der Waals surface area contributed by atoms with Crippen LogP contribution in [-0.4, -0.2) is 24.2 Å². The number of nitrogens with one attached hydrogen (secondary N) is 2. The van der Waals surface area contributed by atoms with E-state index in [1.165, 1.54) is 0 Å². The lowest BCUT2D eigenvalue weighted by Gasteiger charge is -2.25. The van der Waals surface area contributed by atoms with Crippen molar-refractivity contribution in [1.29, 1.82) is 0 Å². The molecule has 24 heavy (non-hydrogen) atoms. The molecular weight excluding hydrogens is 322 g/mol. The number of aliphatic hydroxyl groups is 1. The molecule has 0 radical (unpaired) electrons. The second-order valence-corrected chi connectivity index (χ2v) is 6.25. The number of nitrogens with zero attached hydrogens (tertiary/aromatic N) is 1. The van der Waals surface area contributed by atoms with E-state index in [0.717, 1.165) is 17.7 Å². The molecule has 0 heterocycles. The fourth-order valence-corrected chi connectivity index (χ4v) is 2.52. The number of halogens is 1. The number of benzene rings is 2. The van der Waals surface area contributed by atoms with Gasteiger partial charge in [-0.05, 0) is 37.1 Å². The molecule has 0 bridgehead atoms. The molecule has 5 heteroatoms. The summed E-state index contributed by atoms with van der Waals surface area (Å²) < 4.78 is 0. The van der Waals surface area contributed by atoms with Crippen molar-refractivity contribution < 1.29 is 5.11 Å². The fraction of sp³-hybridized carbons (Fsp3) is 0.316. The molecule has 0 aliphatic rings. The van der Waals surface area contributed by atoms with Crippen LogP contribution in [0.3, 0.4) is 0 Å². The molecular formula is C19H24ClN3O. The number of rotatable bonds is 6. The molecule has 0 aromatic heterocycles. The summed E-state index contributed by atoms with van der Waals surface area (Å²) in [7, 11) is 0. The minimum atomic E-state index is -0.979. The molecule has 1 unspecified atom stereocenters. The predicted octanol–water partition coefficient (Wildman–Crippen LogP) is 3.30. The van der Waals surface area contributed by atoms with E-state index in [2.05, 4.69) is 15.6 Å². The smallest absolute Gasteiger partial charge is 0.191 e. The highest BCUT2D eigenvalue weighted by atomic mass is 35.5. The minimum Gasteiger partial charge on any atom is -0.384 e. The topological polar surface area (TPSA) is 56.7 Å². The molecule has 2 aromatic rings. The lowest BCUT2D eigenvalue weighted by Crippen LogP contribution is -2.44. The van der Waals surface area contributed by atoms with Crippen molar-refractivity contribution in [2.24, 2.45) is 4.99 Å². The van der Waals surface area contributed by atoms with E-state index < -0.39 is 5.60 Å². The Balaban J connectivity index is 2.01. The van der Waals surface area contributed by atoms with Crippen LogP contribution in [0.4, 0.5) is 0 Å². The zero-order valence-electron chi connectivity index (χ0n) is 14.1. The van der Waals surface area contributed by atoms with E-state index in [0.29, 0.717) is 24.1 Å². The number of hydrogen-bond donors (Lipinski definition) is 3. The van der Waals surface area contributed by atoms with E-state index in [9.17, 15) is 5.11 Å². The average molecular weight is 346 g/mol. The molecule has 128 valence electrons. The summed E-state index contributed by atoms with van der Waals surface area (Å²) in [5, 5.41) is 17.7. The van der Waals surface area contributed by atoms with Crippen molar-refractivity contribution >= 4 is 17.6 Å². The van der Waals surface area contributed by atoms with Gasteiger partial charge in [0.2, 0.25) is 0 Å². The molecule has 0 fully saturated rings. The summed E-state index contributed by atoms with van der Waals surface area (Å²) in [5.41, 5.74) is 0.922. The lowest BCUT2D eigenvalue weighted by molar-refractivity contribution is 0.0617. The second kappa shape index (κ2) is 8.71. The monoisotopic (exact) mass is 345 g/mol. The van der Waals surface area contributed by atoms with Crippen LogP contribution in [-0.2, 0) is 12.1 Å². The Morgan fingerprint density at radius 2 is 1.88 bits per heavy atom. The molecule has 0 saturated heterocycles. The Kier molecular flexibility index (Phi) is 6.64. The Morgan fingerprint density at radius 3 is 2.54 bits per heavy atom. The van der Waals surface area contributed by atoms with Crippen molar-refractivity contribution in [3.05, 3.63) is 70.7 Å². The zero-order chi connectivity index (χ0) is 17.4. The van der Waals surface area contributed by atoms with E-state index >= 15 is 0 Å². The highest BCUT2D eigenvalue weighted by Gasteiger charge is 2.22. The Morgan fingerprint density at radius 1 is 1.12 bits per heavy atom. The molecule has 2 rings (SSSR count). The Labute approximate surface area is 148 Å². The van der Waals surface area contributed by atoms with Crippen LogP contribution in [0.15, 0.2) is 59.6 Å². The lowest BCUT2D eigenvalue weighted by atomic mass is 9.96. The van der Waals surface area contributed by atoms with Gasteiger partial charge in [0.1, 0.15) is 5.60 Å². The summed E-state index contributed by atoms with van der Waals surface area (Å²) in [6.07, 6.45) is 0. The van der Waals surface area contributed by atoms with Gasteiger partial charge in [0.05, 0.1) is 13.1 Å². The number of aliphatic imine (C=N–C) groups is 1. The quantitative estimate of drug-likeness (QED) is 0.556.